The largest absolute Gasteiger partial charge is 0.392 e. The molecule has 0 radical (unpaired) electrons. The number of hydrogen-bond donors (Lipinski definition) is 1. The molecule has 0 amide bonds. The summed E-state index contributed by atoms with van der Waals surface area (Å²) in [7, 11) is 0. The van der Waals surface area contributed by atoms with Crippen LogP contribution in [-0.2, 0) is 6.42 Å². The number of aryl methyl sites for hydroxylation is 1. The Morgan fingerprint density at radius 1 is 1.18 bits per heavy atom. The molecule has 17 heavy (non-hydrogen) atoms. The van der Waals surface area contributed by atoms with Gasteiger partial charge in [0.05, 0.1) is 6.10 Å². The highest BCUT2D eigenvalue weighted by molar-refractivity contribution is 5.26. The summed E-state index contributed by atoms with van der Waals surface area (Å²) in [6.45, 7) is 4.39. The molecule has 0 aromatic heterocycles. The molecule has 1 fully saturated rings. The first-order valence-electron chi connectivity index (χ1n) is 6.84. The van der Waals surface area contributed by atoms with E-state index in [-0.39, 0.29) is 11.5 Å². The van der Waals surface area contributed by atoms with E-state index in [9.17, 15) is 5.11 Å². The van der Waals surface area contributed by atoms with E-state index in [1.165, 1.54) is 43.2 Å². The lowest BCUT2D eigenvalue weighted by atomic mass is 9.70. The zero-order valence-corrected chi connectivity index (χ0v) is 11.1. The van der Waals surface area contributed by atoms with Crippen molar-refractivity contribution in [3.05, 3.63) is 35.4 Å². The second kappa shape index (κ2) is 5.22. The molecule has 1 N–H and O–H groups in total. The SMILES string of the molecule is Cc1ccccc1CC(O)C1(C)CCCCC1. The van der Waals surface area contributed by atoms with Crippen LogP contribution in [0.1, 0.15) is 50.2 Å². The summed E-state index contributed by atoms with van der Waals surface area (Å²) in [5.74, 6) is 0. The van der Waals surface area contributed by atoms with E-state index in [0.29, 0.717) is 0 Å². The predicted molar refractivity (Wildman–Crippen MR) is 72.1 cm³/mol. The fraction of sp³-hybridized carbons (Fsp3) is 0.625. The van der Waals surface area contributed by atoms with Gasteiger partial charge in [-0.3, -0.25) is 0 Å². The topological polar surface area (TPSA) is 20.2 Å². The maximum Gasteiger partial charge on any atom is 0.0634 e. The molecule has 2 rings (SSSR count). The minimum atomic E-state index is -0.191. The molecule has 1 saturated carbocycles. The molecule has 1 unspecified atom stereocenters. The Balaban J connectivity index is 2.05. The summed E-state index contributed by atoms with van der Waals surface area (Å²) < 4.78 is 0. The number of benzene rings is 1. The third-order valence-electron chi connectivity index (χ3n) is 4.47. The van der Waals surface area contributed by atoms with Gasteiger partial charge >= 0.3 is 0 Å². The van der Waals surface area contributed by atoms with Gasteiger partial charge in [0.25, 0.3) is 0 Å². The van der Waals surface area contributed by atoms with Crippen molar-refractivity contribution in [2.75, 3.05) is 0 Å². The third-order valence-corrected chi connectivity index (χ3v) is 4.47. The third kappa shape index (κ3) is 2.90. The fourth-order valence-electron chi connectivity index (χ4n) is 2.99. The van der Waals surface area contributed by atoms with Gasteiger partial charge in [-0.25, -0.2) is 0 Å². The van der Waals surface area contributed by atoms with Crippen LogP contribution in [0.5, 0.6) is 0 Å². The average molecular weight is 232 g/mol. The lowest BCUT2D eigenvalue weighted by Gasteiger charge is -2.38. The van der Waals surface area contributed by atoms with Crippen molar-refractivity contribution in [3.63, 3.8) is 0 Å². The Bertz CT molecular complexity index is 364. The molecule has 94 valence electrons. The minimum Gasteiger partial charge on any atom is -0.392 e. The summed E-state index contributed by atoms with van der Waals surface area (Å²) in [6.07, 6.45) is 6.88. The first-order valence-corrected chi connectivity index (χ1v) is 6.84. The highest BCUT2D eigenvalue weighted by atomic mass is 16.3. The van der Waals surface area contributed by atoms with Crippen molar-refractivity contribution in [2.24, 2.45) is 5.41 Å². The molecular formula is C16H24O. The van der Waals surface area contributed by atoms with Crippen LogP contribution in [0.3, 0.4) is 0 Å². The van der Waals surface area contributed by atoms with Crippen LogP contribution in [0.2, 0.25) is 0 Å². The monoisotopic (exact) mass is 232 g/mol. The van der Waals surface area contributed by atoms with Crippen molar-refractivity contribution >= 4 is 0 Å². The van der Waals surface area contributed by atoms with E-state index in [1.54, 1.807) is 0 Å². The lowest BCUT2D eigenvalue weighted by molar-refractivity contribution is 0.0103. The molecule has 0 aliphatic heterocycles. The predicted octanol–water partition coefficient (Wildman–Crippen LogP) is 3.87. The maximum atomic E-state index is 10.5. The van der Waals surface area contributed by atoms with E-state index in [2.05, 4.69) is 38.1 Å². The van der Waals surface area contributed by atoms with E-state index >= 15 is 0 Å². The molecule has 1 heteroatoms. The van der Waals surface area contributed by atoms with E-state index < -0.39 is 0 Å². The van der Waals surface area contributed by atoms with E-state index in [1.807, 2.05) is 0 Å². The van der Waals surface area contributed by atoms with Gasteiger partial charge in [0.2, 0.25) is 0 Å². The summed E-state index contributed by atoms with van der Waals surface area (Å²) in [5, 5.41) is 10.5. The molecular weight excluding hydrogens is 208 g/mol. The van der Waals surface area contributed by atoms with Crippen LogP contribution in [-0.4, -0.2) is 11.2 Å². The first kappa shape index (κ1) is 12.6. The highest BCUT2D eigenvalue weighted by Crippen LogP contribution is 2.39. The Hall–Kier alpha value is -0.820. The first-order chi connectivity index (χ1) is 8.12. The standard InChI is InChI=1S/C16H24O/c1-13-8-4-5-9-14(13)12-15(17)16(2)10-6-3-7-11-16/h4-5,8-9,15,17H,3,6-7,10-12H2,1-2H3. The van der Waals surface area contributed by atoms with Crippen LogP contribution >= 0.6 is 0 Å². The normalized spacial score (nSPS) is 21.1. The van der Waals surface area contributed by atoms with Crippen LogP contribution in [0.4, 0.5) is 0 Å². The van der Waals surface area contributed by atoms with E-state index in [4.69, 9.17) is 0 Å². The fourth-order valence-corrected chi connectivity index (χ4v) is 2.99. The quantitative estimate of drug-likeness (QED) is 0.838. The summed E-state index contributed by atoms with van der Waals surface area (Å²) >= 11 is 0. The zero-order chi connectivity index (χ0) is 12.3. The molecule has 0 saturated heterocycles. The second-order valence-corrected chi connectivity index (χ2v) is 5.86. The number of aliphatic hydroxyl groups excluding tert-OH is 1. The van der Waals surface area contributed by atoms with Crippen molar-refractivity contribution in [1.82, 2.24) is 0 Å². The Kier molecular flexibility index (Phi) is 3.88. The number of rotatable bonds is 3. The average Bonchev–Trinajstić information content (AvgIpc) is 2.33. The van der Waals surface area contributed by atoms with Crippen LogP contribution in [0.15, 0.2) is 24.3 Å². The van der Waals surface area contributed by atoms with Gasteiger partial charge in [0.15, 0.2) is 0 Å². The van der Waals surface area contributed by atoms with Gasteiger partial charge in [-0.2, -0.15) is 0 Å². The number of hydrogen-bond acceptors (Lipinski definition) is 1. The Labute approximate surface area is 105 Å². The smallest absolute Gasteiger partial charge is 0.0634 e. The lowest BCUT2D eigenvalue weighted by Crippen LogP contribution is -2.36. The molecule has 1 atom stereocenters. The Morgan fingerprint density at radius 3 is 2.47 bits per heavy atom. The Morgan fingerprint density at radius 2 is 1.82 bits per heavy atom. The molecule has 0 spiro atoms. The molecule has 1 aliphatic rings. The van der Waals surface area contributed by atoms with Crippen molar-refractivity contribution < 1.29 is 5.11 Å². The van der Waals surface area contributed by atoms with Crippen LogP contribution < -0.4 is 0 Å². The van der Waals surface area contributed by atoms with Gasteiger partial charge < -0.3 is 5.11 Å². The highest BCUT2D eigenvalue weighted by Gasteiger charge is 2.34. The second-order valence-electron chi connectivity index (χ2n) is 5.86. The zero-order valence-electron chi connectivity index (χ0n) is 11.1. The van der Waals surface area contributed by atoms with Crippen LogP contribution in [0, 0.1) is 12.3 Å². The molecule has 1 aromatic carbocycles. The number of aliphatic hydroxyl groups is 1. The van der Waals surface area contributed by atoms with Crippen LogP contribution in [0.25, 0.3) is 0 Å². The van der Waals surface area contributed by atoms with Gasteiger partial charge in [0.1, 0.15) is 0 Å². The van der Waals surface area contributed by atoms with E-state index in [0.717, 1.165) is 6.42 Å². The van der Waals surface area contributed by atoms with Gasteiger partial charge in [0, 0.05) is 0 Å². The summed E-state index contributed by atoms with van der Waals surface area (Å²) in [4.78, 5) is 0. The summed E-state index contributed by atoms with van der Waals surface area (Å²) in [5.41, 5.74) is 2.73. The molecule has 1 aromatic rings. The van der Waals surface area contributed by atoms with Crippen molar-refractivity contribution in [2.45, 2.75) is 58.5 Å². The van der Waals surface area contributed by atoms with Gasteiger partial charge in [-0.1, -0.05) is 50.5 Å². The molecule has 0 bridgehead atoms. The van der Waals surface area contributed by atoms with Gasteiger partial charge in [-0.05, 0) is 42.7 Å². The molecule has 1 nitrogen and oxygen atoms in total. The molecule has 0 heterocycles. The maximum absolute atomic E-state index is 10.5. The molecule has 1 aliphatic carbocycles. The van der Waals surface area contributed by atoms with Gasteiger partial charge in [-0.15, -0.1) is 0 Å². The summed E-state index contributed by atoms with van der Waals surface area (Å²) in [6, 6.07) is 8.40. The van der Waals surface area contributed by atoms with Crippen molar-refractivity contribution in [3.8, 4) is 0 Å². The minimum absolute atomic E-state index is 0.139. The van der Waals surface area contributed by atoms with Crippen molar-refractivity contribution in [1.29, 1.82) is 0 Å².